The maximum Gasteiger partial charge on any atom is 0.253 e. The van der Waals surface area contributed by atoms with E-state index >= 15 is 0 Å². The highest BCUT2D eigenvalue weighted by Crippen LogP contribution is 2.33. The smallest absolute Gasteiger partial charge is 0.253 e. The first kappa shape index (κ1) is 17.5. The first-order chi connectivity index (χ1) is 12.1. The summed E-state index contributed by atoms with van der Waals surface area (Å²) in [5.41, 5.74) is 1.13. The van der Waals surface area contributed by atoms with Gasteiger partial charge in [0.25, 0.3) is 5.56 Å². The van der Waals surface area contributed by atoms with Crippen molar-refractivity contribution < 1.29 is 14.6 Å². The van der Waals surface area contributed by atoms with Crippen molar-refractivity contribution >= 4 is 28.2 Å². The summed E-state index contributed by atoms with van der Waals surface area (Å²) in [7, 11) is 1.74. The molecule has 3 N–H and O–H groups in total. The van der Waals surface area contributed by atoms with E-state index < -0.39 is 0 Å². The number of fused-ring (bicyclic) bond motifs is 2. The first-order valence-corrected chi connectivity index (χ1v) is 8.56. The average molecular weight is 363 g/mol. The number of aliphatic hydroxyl groups is 1. The van der Waals surface area contributed by atoms with Gasteiger partial charge in [-0.15, -0.1) is 0 Å². The standard InChI is InChI=1S/C17H21N3O4S/c1-18-17(25)20(3-2-4-21)10-12-7-11-8-14-15(24-6-5-23-14)9-13(11)19-16(12)22/h7-9,21H,2-6,10H2,1H3,(H,18,25)(H,19,22). The molecule has 7 nitrogen and oxygen atoms in total. The number of aromatic nitrogens is 1. The number of thiocarbonyl (C=S) groups is 1. The molecule has 0 unspecified atom stereocenters. The molecule has 8 heteroatoms. The zero-order valence-corrected chi connectivity index (χ0v) is 14.8. The van der Waals surface area contributed by atoms with E-state index in [-0.39, 0.29) is 12.2 Å². The lowest BCUT2D eigenvalue weighted by molar-refractivity contribution is 0.172. The number of hydrogen-bond acceptors (Lipinski definition) is 5. The van der Waals surface area contributed by atoms with Crippen LogP contribution in [0.3, 0.4) is 0 Å². The summed E-state index contributed by atoms with van der Waals surface area (Å²) in [6, 6.07) is 5.51. The molecule has 3 rings (SSSR count). The van der Waals surface area contributed by atoms with Crippen molar-refractivity contribution in [2.45, 2.75) is 13.0 Å². The third-order valence-corrected chi connectivity index (χ3v) is 4.49. The molecular formula is C17H21N3O4S. The van der Waals surface area contributed by atoms with Crippen LogP contribution in [0, 0.1) is 0 Å². The molecule has 0 amide bonds. The second-order valence-corrected chi connectivity index (χ2v) is 6.15. The Bertz CT molecular complexity index is 836. The maximum absolute atomic E-state index is 12.5. The summed E-state index contributed by atoms with van der Waals surface area (Å²) in [5.74, 6) is 1.32. The molecular weight excluding hydrogens is 342 g/mol. The third kappa shape index (κ3) is 3.85. The van der Waals surface area contributed by atoms with E-state index in [2.05, 4.69) is 10.3 Å². The summed E-state index contributed by atoms with van der Waals surface area (Å²) in [6.07, 6.45) is 0.575. The van der Waals surface area contributed by atoms with Crippen LogP contribution in [-0.4, -0.2) is 53.5 Å². The topological polar surface area (TPSA) is 86.8 Å². The number of ether oxygens (including phenoxy) is 2. The van der Waals surface area contributed by atoms with E-state index in [4.69, 9.17) is 26.8 Å². The normalized spacial score (nSPS) is 12.9. The summed E-state index contributed by atoms with van der Waals surface area (Å²) >= 11 is 5.29. The van der Waals surface area contributed by atoms with Crippen LogP contribution in [0.4, 0.5) is 0 Å². The number of aromatic amines is 1. The lowest BCUT2D eigenvalue weighted by Crippen LogP contribution is -2.39. The Hall–Kier alpha value is -2.32. The summed E-state index contributed by atoms with van der Waals surface area (Å²) in [4.78, 5) is 17.2. The number of hydrogen-bond donors (Lipinski definition) is 3. The lowest BCUT2D eigenvalue weighted by atomic mass is 10.1. The molecule has 1 aliphatic heterocycles. The Labute approximate surface area is 150 Å². The number of pyridine rings is 1. The largest absolute Gasteiger partial charge is 0.486 e. The molecule has 0 aliphatic carbocycles. The minimum absolute atomic E-state index is 0.0698. The number of rotatable bonds is 5. The van der Waals surface area contributed by atoms with E-state index in [0.717, 1.165) is 5.39 Å². The van der Waals surface area contributed by atoms with Crippen LogP contribution in [0.2, 0.25) is 0 Å². The molecule has 0 spiro atoms. The van der Waals surface area contributed by atoms with Crippen molar-refractivity contribution in [3.05, 3.63) is 34.1 Å². The van der Waals surface area contributed by atoms with E-state index in [0.29, 0.717) is 60.4 Å². The zero-order chi connectivity index (χ0) is 17.8. The van der Waals surface area contributed by atoms with Crippen LogP contribution in [0.1, 0.15) is 12.0 Å². The van der Waals surface area contributed by atoms with Gasteiger partial charge in [0.15, 0.2) is 16.6 Å². The fraction of sp³-hybridized carbons (Fsp3) is 0.412. The van der Waals surface area contributed by atoms with Gasteiger partial charge in [0.05, 0.1) is 12.1 Å². The van der Waals surface area contributed by atoms with Gasteiger partial charge in [0.2, 0.25) is 0 Å². The Morgan fingerprint density at radius 2 is 2.04 bits per heavy atom. The summed E-state index contributed by atoms with van der Waals surface area (Å²) < 4.78 is 11.2. The van der Waals surface area contributed by atoms with Crippen molar-refractivity contribution in [2.24, 2.45) is 0 Å². The van der Waals surface area contributed by atoms with Crippen LogP contribution < -0.4 is 20.3 Å². The third-order valence-electron chi connectivity index (χ3n) is 4.03. The second kappa shape index (κ2) is 7.71. The van der Waals surface area contributed by atoms with Crippen molar-refractivity contribution in [2.75, 3.05) is 33.4 Å². The first-order valence-electron chi connectivity index (χ1n) is 8.15. The monoisotopic (exact) mass is 363 g/mol. The SMILES string of the molecule is CNC(=S)N(CCCO)Cc1cc2cc3c(cc2[nH]c1=O)OCCO3. The molecule has 0 radical (unpaired) electrons. The predicted octanol–water partition coefficient (Wildman–Crippen LogP) is 0.988. The van der Waals surface area contributed by atoms with E-state index in [1.165, 1.54) is 0 Å². The molecule has 1 aliphatic rings. The minimum Gasteiger partial charge on any atom is -0.486 e. The Balaban J connectivity index is 1.93. The predicted molar refractivity (Wildman–Crippen MR) is 99.3 cm³/mol. The van der Waals surface area contributed by atoms with Gasteiger partial charge < -0.3 is 29.8 Å². The molecule has 25 heavy (non-hydrogen) atoms. The fourth-order valence-electron chi connectivity index (χ4n) is 2.78. The minimum atomic E-state index is -0.169. The summed E-state index contributed by atoms with van der Waals surface area (Å²) in [5, 5.41) is 13.4. The average Bonchev–Trinajstić information content (AvgIpc) is 2.63. The Morgan fingerprint density at radius 3 is 2.72 bits per heavy atom. The van der Waals surface area contributed by atoms with E-state index in [9.17, 15) is 4.79 Å². The van der Waals surface area contributed by atoms with Gasteiger partial charge in [-0.05, 0) is 30.8 Å². The quantitative estimate of drug-likeness (QED) is 0.683. The molecule has 0 bridgehead atoms. The van der Waals surface area contributed by atoms with Crippen LogP contribution in [-0.2, 0) is 6.54 Å². The highest BCUT2D eigenvalue weighted by Gasteiger charge is 2.16. The van der Waals surface area contributed by atoms with Crippen molar-refractivity contribution in [3.8, 4) is 11.5 Å². The number of benzene rings is 1. The Kier molecular flexibility index (Phi) is 5.40. The molecule has 0 atom stereocenters. The summed E-state index contributed by atoms with van der Waals surface area (Å²) in [6.45, 7) is 2.01. The number of H-pyrrole nitrogens is 1. The van der Waals surface area contributed by atoms with Crippen LogP contribution in [0.5, 0.6) is 11.5 Å². The molecule has 2 aromatic rings. The van der Waals surface area contributed by atoms with Gasteiger partial charge in [-0.25, -0.2) is 0 Å². The Morgan fingerprint density at radius 1 is 1.32 bits per heavy atom. The number of nitrogens with one attached hydrogen (secondary N) is 2. The molecule has 2 heterocycles. The van der Waals surface area contributed by atoms with Gasteiger partial charge in [0.1, 0.15) is 13.2 Å². The van der Waals surface area contributed by atoms with E-state index in [1.54, 1.807) is 13.1 Å². The van der Waals surface area contributed by atoms with Gasteiger partial charge in [-0.1, -0.05) is 0 Å². The fourth-order valence-corrected chi connectivity index (χ4v) is 2.94. The number of nitrogens with zero attached hydrogens (tertiary/aromatic N) is 1. The van der Waals surface area contributed by atoms with Crippen molar-refractivity contribution in [1.29, 1.82) is 0 Å². The van der Waals surface area contributed by atoms with Gasteiger partial charge >= 0.3 is 0 Å². The van der Waals surface area contributed by atoms with Crippen LogP contribution in [0.25, 0.3) is 10.9 Å². The highest BCUT2D eigenvalue weighted by atomic mass is 32.1. The van der Waals surface area contributed by atoms with Crippen molar-refractivity contribution in [1.82, 2.24) is 15.2 Å². The maximum atomic E-state index is 12.5. The van der Waals surface area contributed by atoms with Gasteiger partial charge in [-0.2, -0.15) is 0 Å². The number of aliphatic hydroxyl groups excluding tert-OH is 1. The highest BCUT2D eigenvalue weighted by molar-refractivity contribution is 7.80. The molecule has 1 aromatic carbocycles. The molecule has 1 aromatic heterocycles. The zero-order valence-electron chi connectivity index (χ0n) is 14.0. The molecule has 0 saturated heterocycles. The van der Waals surface area contributed by atoms with Crippen molar-refractivity contribution in [3.63, 3.8) is 0 Å². The molecule has 0 fully saturated rings. The van der Waals surface area contributed by atoms with Crippen LogP contribution >= 0.6 is 12.2 Å². The van der Waals surface area contributed by atoms with Gasteiger partial charge in [-0.3, -0.25) is 4.79 Å². The second-order valence-electron chi connectivity index (χ2n) is 5.76. The van der Waals surface area contributed by atoms with Crippen LogP contribution in [0.15, 0.2) is 23.0 Å². The lowest BCUT2D eigenvalue weighted by Gasteiger charge is -2.24. The van der Waals surface area contributed by atoms with E-state index in [1.807, 2.05) is 17.0 Å². The molecule has 0 saturated carbocycles. The molecule has 134 valence electrons. The van der Waals surface area contributed by atoms with Gasteiger partial charge in [0, 0.05) is 37.2 Å².